The van der Waals surface area contributed by atoms with Gasteiger partial charge >= 0.3 is 0 Å². The molecule has 178 valence electrons. The summed E-state index contributed by atoms with van der Waals surface area (Å²) in [6.07, 6.45) is 2.95. The summed E-state index contributed by atoms with van der Waals surface area (Å²) in [7, 11) is 0. The number of amides is 1. The van der Waals surface area contributed by atoms with Gasteiger partial charge in [0.05, 0.1) is 6.20 Å². The van der Waals surface area contributed by atoms with E-state index in [1.54, 1.807) is 6.92 Å². The van der Waals surface area contributed by atoms with E-state index in [-0.39, 0.29) is 58.6 Å². The number of benzene rings is 1. The number of Topliss-reactive ketones (excluding diaryl/α,β-unsaturated/α-hetero) is 1. The monoisotopic (exact) mass is 468 g/mol. The van der Waals surface area contributed by atoms with Crippen LogP contribution in [0.2, 0.25) is 0 Å². The summed E-state index contributed by atoms with van der Waals surface area (Å²) in [6.45, 7) is 7.47. The standard InChI is InChI=1S/C25H26F2N4O3/c1-13-9-16(17-11-21(28-12-19(17)27)29-23(33)14-5-6-14)18(26)10-15(13)7-8-20(32)22-30-24(34-31-22)25(2,3)4/h9-12,14H,5-8H2,1-4H3,(H,28,29,33). The Hall–Kier alpha value is -3.49. The molecule has 1 amide bonds. The van der Waals surface area contributed by atoms with Gasteiger partial charge in [0.25, 0.3) is 0 Å². The van der Waals surface area contributed by atoms with Gasteiger partial charge in [0.15, 0.2) is 0 Å². The van der Waals surface area contributed by atoms with E-state index in [0.717, 1.165) is 19.0 Å². The third kappa shape index (κ3) is 5.18. The summed E-state index contributed by atoms with van der Waals surface area (Å²) >= 11 is 0. The third-order valence-electron chi connectivity index (χ3n) is 5.71. The molecule has 3 aromatic rings. The fourth-order valence-electron chi connectivity index (χ4n) is 3.49. The molecule has 2 heterocycles. The number of nitrogens with zero attached hydrogens (tertiary/aromatic N) is 3. The minimum atomic E-state index is -0.697. The molecule has 1 aromatic carbocycles. The van der Waals surface area contributed by atoms with Crippen molar-refractivity contribution in [2.75, 3.05) is 5.32 Å². The van der Waals surface area contributed by atoms with Crippen molar-refractivity contribution in [2.24, 2.45) is 5.92 Å². The normalized spacial score (nSPS) is 13.7. The highest BCUT2D eigenvalue weighted by Gasteiger charge is 2.30. The van der Waals surface area contributed by atoms with Gasteiger partial charge in [0, 0.05) is 28.9 Å². The van der Waals surface area contributed by atoms with E-state index in [9.17, 15) is 14.0 Å². The quantitative estimate of drug-likeness (QED) is 0.480. The van der Waals surface area contributed by atoms with Gasteiger partial charge in [0.2, 0.25) is 23.4 Å². The minimum Gasteiger partial charge on any atom is -0.338 e. The number of halogens is 2. The molecule has 0 unspecified atom stereocenters. The van der Waals surface area contributed by atoms with Crippen molar-refractivity contribution in [1.29, 1.82) is 0 Å². The van der Waals surface area contributed by atoms with Gasteiger partial charge in [-0.05, 0) is 55.5 Å². The Morgan fingerprint density at radius 1 is 1.12 bits per heavy atom. The predicted molar refractivity (Wildman–Crippen MR) is 121 cm³/mol. The molecule has 4 rings (SSSR count). The molecule has 0 aliphatic heterocycles. The number of anilines is 1. The SMILES string of the molecule is Cc1cc(-c2cc(NC(=O)C3CC3)ncc2F)c(F)cc1CCC(=O)c1noc(C(C)(C)C)n1. The molecule has 9 heteroatoms. The van der Waals surface area contributed by atoms with Gasteiger partial charge in [-0.15, -0.1) is 0 Å². The summed E-state index contributed by atoms with van der Waals surface area (Å²) in [5, 5.41) is 6.40. The Balaban J connectivity index is 1.50. The van der Waals surface area contributed by atoms with Crippen LogP contribution in [0.5, 0.6) is 0 Å². The van der Waals surface area contributed by atoms with Crippen LogP contribution < -0.4 is 5.32 Å². The zero-order valence-corrected chi connectivity index (χ0v) is 19.5. The number of aryl methyl sites for hydroxylation is 2. The number of hydrogen-bond donors (Lipinski definition) is 1. The molecule has 1 saturated carbocycles. The van der Waals surface area contributed by atoms with Crippen LogP contribution in [0, 0.1) is 24.5 Å². The van der Waals surface area contributed by atoms with Crippen molar-refractivity contribution < 1.29 is 22.9 Å². The van der Waals surface area contributed by atoms with E-state index >= 15 is 4.39 Å². The van der Waals surface area contributed by atoms with Crippen molar-refractivity contribution in [3.63, 3.8) is 0 Å². The van der Waals surface area contributed by atoms with Crippen LogP contribution in [0.3, 0.4) is 0 Å². The van der Waals surface area contributed by atoms with E-state index in [0.29, 0.717) is 17.0 Å². The summed E-state index contributed by atoms with van der Waals surface area (Å²) < 4.78 is 34.7. The minimum absolute atomic E-state index is 0.000647. The van der Waals surface area contributed by atoms with Gasteiger partial charge < -0.3 is 9.84 Å². The van der Waals surface area contributed by atoms with Crippen LogP contribution in [-0.4, -0.2) is 26.8 Å². The van der Waals surface area contributed by atoms with Gasteiger partial charge in [-0.25, -0.2) is 13.8 Å². The molecule has 0 atom stereocenters. The van der Waals surface area contributed by atoms with Gasteiger partial charge in [-0.3, -0.25) is 9.59 Å². The molecule has 1 aliphatic rings. The first kappa shape index (κ1) is 23.7. The topological polar surface area (TPSA) is 98.0 Å². The van der Waals surface area contributed by atoms with Crippen LogP contribution in [-0.2, 0) is 16.6 Å². The molecule has 34 heavy (non-hydrogen) atoms. The van der Waals surface area contributed by atoms with Crippen molar-refractivity contribution in [2.45, 2.75) is 58.8 Å². The van der Waals surface area contributed by atoms with E-state index in [4.69, 9.17) is 4.52 Å². The highest BCUT2D eigenvalue weighted by atomic mass is 19.1. The maximum Gasteiger partial charge on any atom is 0.238 e. The fraction of sp³-hybridized carbons (Fsp3) is 0.400. The molecule has 0 saturated heterocycles. The molecule has 7 nitrogen and oxygen atoms in total. The van der Waals surface area contributed by atoms with Crippen molar-refractivity contribution in [3.8, 4) is 11.1 Å². The molecule has 1 fully saturated rings. The molecular weight excluding hydrogens is 442 g/mol. The van der Waals surface area contributed by atoms with Crippen LogP contribution in [0.25, 0.3) is 11.1 Å². The van der Waals surface area contributed by atoms with Crippen molar-refractivity contribution >= 4 is 17.5 Å². The molecular formula is C25H26F2N4O3. The van der Waals surface area contributed by atoms with Gasteiger partial charge in [-0.2, -0.15) is 4.98 Å². The number of hydrogen-bond acceptors (Lipinski definition) is 6. The van der Waals surface area contributed by atoms with Crippen LogP contribution in [0.15, 0.2) is 28.9 Å². The smallest absolute Gasteiger partial charge is 0.238 e. The summed E-state index contributed by atoms with van der Waals surface area (Å²) in [5.74, 6) is -1.30. The maximum absolute atomic E-state index is 15.0. The highest BCUT2D eigenvalue weighted by molar-refractivity contribution is 5.94. The number of carbonyl (C=O) groups excluding carboxylic acids is 2. The Bertz CT molecular complexity index is 1260. The second-order valence-corrected chi connectivity index (χ2v) is 9.67. The zero-order valence-electron chi connectivity index (χ0n) is 19.5. The van der Waals surface area contributed by atoms with E-state index in [1.165, 1.54) is 18.2 Å². The lowest BCUT2D eigenvalue weighted by Gasteiger charge is -2.12. The second-order valence-electron chi connectivity index (χ2n) is 9.67. The predicted octanol–water partition coefficient (Wildman–Crippen LogP) is 5.18. The fourth-order valence-corrected chi connectivity index (χ4v) is 3.49. The number of carbonyl (C=O) groups is 2. The third-order valence-corrected chi connectivity index (χ3v) is 5.71. The lowest BCUT2D eigenvalue weighted by Crippen LogP contribution is -2.14. The average molecular weight is 469 g/mol. The molecule has 1 aliphatic carbocycles. The van der Waals surface area contributed by atoms with Crippen molar-refractivity contribution in [1.82, 2.24) is 15.1 Å². The van der Waals surface area contributed by atoms with Gasteiger partial charge in [-0.1, -0.05) is 25.9 Å². The van der Waals surface area contributed by atoms with Crippen LogP contribution in [0.1, 0.15) is 67.7 Å². The summed E-state index contributed by atoms with van der Waals surface area (Å²) in [6, 6.07) is 4.17. The number of pyridine rings is 1. The molecule has 0 radical (unpaired) electrons. The maximum atomic E-state index is 15.0. The Kier molecular flexibility index (Phi) is 6.29. The largest absolute Gasteiger partial charge is 0.338 e. The number of ketones is 1. The van der Waals surface area contributed by atoms with Crippen LogP contribution >= 0.6 is 0 Å². The summed E-state index contributed by atoms with van der Waals surface area (Å²) in [5.41, 5.74) is 1.01. The number of aromatic nitrogens is 3. The van der Waals surface area contributed by atoms with Crippen LogP contribution in [0.4, 0.5) is 14.6 Å². The van der Waals surface area contributed by atoms with Crippen molar-refractivity contribution in [3.05, 3.63) is 58.9 Å². The molecule has 0 bridgehead atoms. The summed E-state index contributed by atoms with van der Waals surface area (Å²) in [4.78, 5) is 32.5. The Morgan fingerprint density at radius 3 is 2.47 bits per heavy atom. The number of rotatable bonds is 7. The Morgan fingerprint density at radius 2 is 1.82 bits per heavy atom. The van der Waals surface area contributed by atoms with Gasteiger partial charge in [0.1, 0.15) is 17.5 Å². The first-order valence-corrected chi connectivity index (χ1v) is 11.2. The Labute approximate surface area is 196 Å². The van der Waals surface area contributed by atoms with E-state index in [1.807, 2.05) is 20.8 Å². The van der Waals surface area contributed by atoms with E-state index in [2.05, 4.69) is 20.4 Å². The molecule has 2 aromatic heterocycles. The zero-order chi connectivity index (χ0) is 24.6. The molecule has 0 spiro atoms. The van der Waals surface area contributed by atoms with E-state index < -0.39 is 11.6 Å². The first-order valence-electron chi connectivity index (χ1n) is 11.2. The lowest BCUT2D eigenvalue weighted by molar-refractivity contribution is -0.117. The lowest BCUT2D eigenvalue weighted by atomic mass is 9.96. The average Bonchev–Trinajstić information content (AvgIpc) is 3.50. The second kappa shape index (κ2) is 9.04. The first-order chi connectivity index (χ1) is 16.0. The highest BCUT2D eigenvalue weighted by Crippen LogP contribution is 2.32. The molecule has 1 N–H and O–H groups in total. The number of nitrogens with one attached hydrogen (secondary N) is 1.